The molecule has 21 heavy (non-hydrogen) atoms. The van der Waals surface area contributed by atoms with E-state index >= 15 is 0 Å². The number of nitrogens with zero attached hydrogens (tertiary/aromatic N) is 2. The van der Waals surface area contributed by atoms with Gasteiger partial charge in [-0.3, -0.25) is 4.99 Å². The van der Waals surface area contributed by atoms with E-state index in [1.165, 1.54) is 0 Å². The van der Waals surface area contributed by atoms with Crippen LogP contribution in [0.25, 0.3) is 0 Å². The molecule has 1 fully saturated rings. The highest BCUT2D eigenvalue weighted by Gasteiger charge is 2.23. The molecule has 0 atom stereocenters. The van der Waals surface area contributed by atoms with Crippen molar-refractivity contribution in [3.63, 3.8) is 0 Å². The van der Waals surface area contributed by atoms with Gasteiger partial charge < -0.3 is 19.7 Å². The third-order valence-electron chi connectivity index (χ3n) is 4.08. The van der Waals surface area contributed by atoms with Gasteiger partial charge in [0.2, 0.25) is 0 Å². The summed E-state index contributed by atoms with van der Waals surface area (Å²) in [5.74, 6) is 2.52. The van der Waals surface area contributed by atoms with Crippen LogP contribution in [-0.4, -0.2) is 57.2 Å². The van der Waals surface area contributed by atoms with E-state index in [4.69, 9.17) is 9.47 Å². The van der Waals surface area contributed by atoms with Crippen molar-refractivity contribution >= 4 is 5.84 Å². The van der Waals surface area contributed by atoms with E-state index in [0.717, 1.165) is 61.9 Å². The number of benzene rings is 1. The maximum Gasteiger partial charge on any atom is 0.172 e. The Kier molecular flexibility index (Phi) is 4.29. The number of ether oxygens (including phenoxy) is 2. The average molecular weight is 289 g/mol. The lowest BCUT2D eigenvalue weighted by atomic mass is 10.1. The number of piperidine rings is 1. The van der Waals surface area contributed by atoms with Gasteiger partial charge >= 0.3 is 0 Å². The molecule has 1 saturated heterocycles. The summed E-state index contributed by atoms with van der Waals surface area (Å²) in [6, 6.07) is 5.98. The van der Waals surface area contributed by atoms with E-state index in [2.05, 4.69) is 22.3 Å². The summed E-state index contributed by atoms with van der Waals surface area (Å²) >= 11 is 0. The Morgan fingerprint density at radius 3 is 2.76 bits per heavy atom. The third-order valence-corrected chi connectivity index (χ3v) is 4.08. The highest BCUT2D eigenvalue weighted by Crippen LogP contribution is 2.33. The largest absolute Gasteiger partial charge is 0.493 e. The maximum absolute atomic E-state index is 6.30. The third kappa shape index (κ3) is 3.13. The van der Waals surface area contributed by atoms with E-state index in [1.54, 1.807) is 7.11 Å². The number of nitrogens with one attached hydrogen (secondary N) is 1. The van der Waals surface area contributed by atoms with Gasteiger partial charge in [-0.25, -0.2) is 0 Å². The molecule has 0 aromatic heterocycles. The summed E-state index contributed by atoms with van der Waals surface area (Å²) < 4.78 is 11.8. The molecule has 0 amide bonds. The van der Waals surface area contributed by atoms with Crippen LogP contribution < -0.4 is 14.8 Å². The Morgan fingerprint density at radius 2 is 2.10 bits per heavy atom. The Labute approximate surface area is 126 Å². The smallest absolute Gasteiger partial charge is 0.172 e. The quantitative estimate of drug-likeness (QED) is 0.913. The first kappa shape index (κ1) is 14.2. The van der Waals surface area contributed by atoms with Crippen molar-refractivity contribution in [2.45, 2.75) is 18.9 Å². The molecule has 0 radical (unpaired) electrons. The monoisotopic (exact) mass is 289 g/mol. The standard InChI is InChI=1S/C16H23N3O2/c1-19-10-6-12(7-11-19)21-15-13(16-17-8-9-18-16)4-3-5-14(15)20-2/h3-5,12H,6-11H2,1-2H3,(H,17,18). The van der Waals surface area contributed by atoms with Crippen LogP contribution >= 0.6 is 0 Å². The number of amidine groups is 1. The van der Waals surface area contributed by atoms with Gasteiger partial charge in [0, 0.05) is 19.6 Å². The van der Waals surface area contributed by atoms with Crippen LogP contribution in [0.3, 0.4) is 0 Å². The molecule has 1 N–H and O–H groups in total. The summed E-state index contributed by atoms with van der Waals surface area (Å²) in [7, 11) is 3.84. The van der Waals surface area contributed by atoms with Crippen molar-refractivity contribution in [1.29, 1.82) is 0 Å². The molecule has 1 aromatic rings. The topological polar surface area (TPSA) is 46.1 Å². The molecule has 0 saturated carbocycles. The van der Waals surface area contributed by atoms with Crippen molar-refractivity contribution in [2.24, 2.45) is 4.99 Å². The van der Waals surface area contributed by atoms with Crippen LogP contribution in [-0.2, 0) is 0 Å². The summed E-state index contributed by atoms with van der Waals surface area (Å²) in [4.78, 5) is 6.85. The molecule has 0 aliphatic carbocycles. The van der Waals surface area contributed by atoms with Gasteiger partial charge in [0.25, 0.3) is 0 Å². The van der Waals surface area contributed by atoms with Gasteiger partial charge in [-0.15, -0.1) is 0 Å². The molecule has 2 aliphatic rings. The zero-order valence-electron chi connectivity index (χ0n) is 12.8. The average Bonchev–Trinajstić information content (AvgIpc) is 3.04. The normalized spacial score (nSPS) is 20.0. The first-order valence-corrected chi connectivity index (χ1v) is 7.59. The predicted octanol–water partition coefficient (Wildman–Crippen LogP) is 1.52. The van der Waals surface area contributed by atoms with Gasteiger partial charge in [0.05, 0.1) is 19.2 Å². The van der Waals surface area contributed by atoms with Gasteiger partial charge in [0.15, 0.2) is 11.5 Å². The van der Waals surface area contributed by atoms with Crippen LogP contribution in [0, 0.1) is 0 Å². The Bertz CT molecular complexity index is 522. The fraction of sp³-hybridized carbons (Fsp3) is 0.562. The second kappa shape index (κ2) is 6.35. The number of aliphatic imine (C=N–C) groups is 1. The van der Waals surface area contributed by atoms with Gasteiger partial charge in [-0.05, 0) is 32.0 Å². The second-order valence-corrected chi connectivity index (χ2v) is 5.61. The van der Waals surface area contributed by atoms with E-state index in [9.17, 15) is 0 Å². The molecule has 114 valence electrons. The second-order valence-electron chi connectivity index (χ2n) is 5.61. The minimum atomic E-state index is 0.248. The lowest BCUT2D eigenvalue weighted by Gasteiger charge is -2.30. The first-order valence-electron chi connectivity index (χ1n) is 7.59. The number of rotatable bonds is 4. The highest BCUT2D eigenvalue weighted by atomic mass is 16.5. The number of methoxy groups -OCH3 is 1. The number of hydrogen-bond acceptors (Lipinski definition) is 5. The Balaban J connectivity index is 1.84. The van der Waals surface area contributed by atoms with Gasteiger partial charge in [0.1, 0.15) is 11.9 Å². The molecule has 2 aliphatic heterocycles. The first-order chi connectivity index (χ1) is 10.3. The van der Waals surface area contributed by atoms with E-state index in [0.29, 0.717) is 0 Å². The molecule has 5 heteroatoms. The van der Waals surface area contributed by atoms with Gasteiger partial charge in [-0.1, -0.05) is 6.07 Å². The summed E-state index contributed by atoms with van der Waals surface area (Å²) in [6.07, 6.45) is 2.35. The van der Waals surface area contributed by atoms with Crippen LogP contribution in [0.2, 0.25) is 0 Å². The molecule has 2 heterocycles. The minimum absolute atomic E-state index is 0.248. The SMILES string of the molecule is COc1cccc(C2=NCCN2)c1OC1CCN(C)CC1. The van der Waals surface area contributed by atoms with Gasteiger partial charge in [-0.2, -0.15) is 0 Å². The summed E-state index contributed by atoms with van der Waals surface area (Å²) in [5, 5.41) is 3.32. The van der Waals surface area contributed by atoms with Crippen molar-refractivity contribution in [1.82, 2.24) is 10.2 Å². The lowest BCUT2D eigenvalue weighted by molar-refractivity contribution is 0.111. The molecule has 0 bridgehead atoms. The molecular formula is C16H23N3O2. The van der Waals surface area contributed by atoms with Crippen LogP contribution in [0.5, 0.6) is 11.5 Å². The fourth-order valence-electron chi connectivity index (χ4n) is 2.83. The van der Waals surface area contributed by atoms with Crippen molar-refractivity contribution in [3.8, 4) is 11.5 Å². The molecule has 0 spiro atoms. The van der Waals surface area contributed by atoms with Crippen LogP contribution in [0.1, 0.15) is 18.4 Å². The van der Waals surface area contributed by atoms with E-state index in [-0.39, 0.29) is 6.10 Å². The van der Waals surface area contributed by atoms with Crippen LogP contribution in [0.4, 0.5) is 0 Å². The van der Waals surface area contributed by atoms with E-state index < -0.39 is 0 Å². The lowest BCUT2D eigenvalue weighted by Crippen LogP contribution is -2.36. The molecule has 0 unspecified atom stereocenters. The molecule has 3 rings (SSSR count). The number of likely N-dealkylation sites (tertiary alicyclic amines) is 1. The summed E-state index contributed by atoms with van der Waals surface area (Å²) in [5.41, 5.74) is 1.01. The van der Waals surface area contributed by atoms with Crippen molar-refractivity contribution in [2.75, 3.05) is 40.3 Å². The minimum Gasteiger partial charge on any atom is -0.493 e. The number of hydrogen-bond donors (Lipinski definition) is 1. The highest BCUT2D eigenvalue weighted by molar-refractivity contribution is 6.02. The summed E-state index contributed by atoms with van der Waals surface area (Å²) in [6.45, 7) is 3.86. The van der Waals surface area contributed by atoms with Crippen molar-refractivity contribution < 1.29 is 9.47 Å². The zero-order chi connectivity index (χ0) is 14.7. The fourth-order valence-corrected chi connectivity index (χ4v) is 2.83. The molecular weight excluding hydrogens is 266 g/mol. The predicted molar refractivity (Wildman–Crippen MR) is 83.5 cm³/mol. The zero-order valence-corrected chi connectivity index (χ0v) is 12.8. The number of para-hydroxylation sites is 1. The van der Waals surface area contributed by atoms with E-state index in [1.807, 2.05) is 18.2 Å². The molecule has 1 aromatic carbocycles. The maximum atomic E-state index is 6.30. The Morgan fingerprint density at radius 1 is 1.29 bits per heavy atom. The van der Waals surface area contributed by atoms with Crippen LogP contribution in [0.15, 0.2) is 23.2 Å². The Hall–Kier alpha value is -1.75. The molecule has 5 nitrogen and oxygen atoms in total. The van der Waals surface area contributed by atoms with Crippen molar-refractivity contribution in [3.05, 3.63) is 23.8 Å².